The maximum Gasteiger partial charge on any atom is 0.152 e. The number of hydrogen-bond acceptors (Lipinski definition) is 4. The lowest BCUT2D eigenvalue weighted by molar-refractivity contribution is 0.227. The first-order chi connectivity index (χ1) is 6.35. The van der Waals surface area contributed by atoms with E-state index in [9.17, 15) is 8.42 Å². The molecule has 5 heteroatoms. The lowest BCUT2D eigenvalue weighted by atomic mass is 10.00. The highest BCUT2D eigenvalue weighted by Crippen LogP contribution is 2.11. The summed E-state index contributed by atoms with van der Waals surface area (Å²) < 4.78 is 22.3. The molecule has 4 nitrogen and oxygen atoms in total. The van der Waals surface area contributed by atoms with E-state index < -0.39 is 9.84 Å². The van der Waals surface area contributed by atoms with Crippen molar-refractivity contribution in [2.24, 2.45) is 5.73 Å². The van der Waals surface area contributed by atoms with E-state index in [2.05, 4.69) is 11.8 Å². The Kier molecular flexibility index (Phi) is 3.55. The molecular formula is C9H20N2O2S. The van der Waals surface area contributed by atoms with Crippen LogP contribution >= 0.6 is 0 Å². The van der Waals surface area contributed by atoms with Gasteiger partial charge < -0.3 is 5.73 Å². The van der Waals surface area contributed by atoms with Crippen molar-refractivity contribution in [3.05, 3.63) is 0 Å². The van der Waals surface area contributed by atoms with E-state index in [1.54, 1.807) is 0 Å². The van der Waals surface area contributed by atoms with E-state index in [0.29, 0.717) is 13.1 Å². The van der Waals surface area contributed by atoms with Crippen molar-refractivity contribution in [1.82, 2.24) is 4.90 Å². The molecular weight excluding hydrogens is 200 g/mol. The van der Waals surface area contributed by atoms with Gasteiger partial charge in [0, 0.05) is 25.2 Å². The predicted molar refractivity (Wildman–Crippen MR) is 58.0 cm³/mol. The second-order valence-corrected chi connectivity index (χ2v) is 6.74. The van der Waals surface area contributed by atoms with Gasteiger partial charge in [-0.2, -0.15) is 0 Å². The van der Waals surface area contributed by atoms with Crippen LogP contribution in [0.1, 0.15) is 20.3 Å². The van der Waals surface area contributed by atoms with Crippen LogP contribution in [0.2, 0.25) is 0 Å². The molecule has 1 aliphatic rings. The van der Waals surface area contributed by atoms with Crippen LogP contribution in [0.5, 0.6) is 0 Å². The van der Waals surface area contributed by atoms with Gasteiger partial charge in [-0.3, -0.25) is 4.90 Å². The zero-order valence-electron chi connectivity index (χ0n) is 8.99. The molecule has 1 rings (SSSR count). The number of hydrogen-bond donors (Lipinski definition) is 1. The Hall–Kier alpha value is -0.130. The van der Waals surface area contributed by atoms with Gasteiger partial charge >= 0.3 is 0 Å². The van der Waals surface area contributed by atoms with Gasteiger partial charge in [0.15, 0.2) is 9.84 Å². The molecule has 0 aliphatic carbocycles. The van der Waals surface area contributed by atoms with E-state index >= 15 is 0 Å². The number of sulfone groups is 1. The molecule has 1 aliphatic heterocycles. The van der Waals surface area contributed by atoms with Gasteiger partial charge in [0.05, 0.1) is 11.5 Å². The van der Waals surface area contributed by atoms with Gasteiger partial charge in [-0.25, -0.2) is 8.42 Å². The SMILES string of the molecule is CCC(C)(N)CN1CCS(=O)(=O)CC1. The highest BCUT2D eigenvalue weighted by atomic mass is 32.2. The summed E-state index contributed by atoms with van der Waals surface area (Å²) in [6, 6.07) is 0. The predicted octanol–water partition coefficient (Wildman–Crippen LogP) is -0.156. The van der Waals surface area contributed by atoms with E-state index in [4.69, 9.17) is 5.73 Å². The van der Waals surface area contributed by atoms with Gasteiger partial charge in [0.25, 0.3) is 0 Å². The third-order valence-corrected chi connectivity index (χ3v) is 4.44. The summed E-state index contributed by atoms with van der Waals surface area (Å²) in [6.45, 7) is 6.13. The molecule has 1 fully saturated rings. The Morgan fingerprint density at radius 3 is 2.29 bits per heavy atom. The first-order valence-corrected chi connectivity index (χ1v) is 6.88. The fourth-order valence-corrected chi connectivity index (χ4v) is 2.81. The van der Waals surface area contributed by atoms with Crippen molar-refractivity contribution in [2.45, 2.75) is 25.8 Å². The van der Waals surface area contributed by atoms with Crippen LogP contribution in [-0.4, -0.2) is 50.0 Å². The quantitative estimate of drug-likeness (QED) is 0.718. The van der Waals surface area contributed by atoms with Crippen LogP contribution in [0.3, 0.4) is 0 Å². The average Bonchev–Trinajstić information content (AvgIpc) is 2.09. The molecule has 0 spiro atoms. The van der Waals surface area contributed by atoms with Crippen molar-refractivity contribution in [3.8, 4) is 0 Å². The molecule has 14 heavy (non-hydrogen) atoms. The van der Waals surface area contributed by atoms with Crippen LogP contribution in [0.4, 0.5) is 0 Å². The lowest BCUT2D eigenvalue weighted by Gasteiger charge is -2.33. The molecule has 1 atom stereocenters. The molecule has 2 N–H and O–H groups in total. The first kappa shape index (κ1) is 11.9. The second kappa shape index (κ2) is 4.16. The van der Waals surface area contributed by atoms with Crippen LogP contribution < -0.4 is 5.73 Å². The smallest absolute Gasteiger partial charge is 0.152 e. The minimum absolute atomic E-state index is 0.193. The molecule has 1 heterocycles. The van der Waals surface area contributed by atoms with Crippen LogP contribution in [0, 0.1) is 0 Å². The van der Waals surface area contributed by atoms with E-state index in [0.717, 1.165) is 13.0 Å². The summed E-state index contributed by atoms with van der Waals surface area (Å²) in [4.78, 5) is 2.14. The number of rotatable bonds is 3. The Bertz CT molecular complexity index is 271. The molecule has 84 valence electrons. The van der Waals surface area contributed by atoms with Crippen LogP contribution in [0.25, 0.3) is 0 Å². The zero-order chi connectivity index (χ0) is 10.8. The largest absolute Gasteiger partial charge is 0.324 e. The Morgan fingerprint density at radius 1 is 1.36 bits per heavy atom. The summed E-state index contributed by atoms with van der Waals surface area (Å²) in [5.41, 5.74) is 5.83. The summed E-state index contributed by atoms with van der Waals surface area (Å²) in [5, 5.41) is 0. The lowest BCUT2D eigenvalue weighted by Crippen LogP contribution is -2.51. The van der Waals surface area contributed by atoms with Gasteiger partial charge in [0.2, 0.25) is 0 Å². The van der Waals surface area contributed by atoms with Gasteiger partial charge in [-0.05, 0) is 13.3 Å². The van der Waals surface area contributed by atoms with Gasteiger partial charge in [0.1, 0.15) is 0 Å². The van der Waals surface area contributed by atoms with Crippen molar-refractivity contribution in [1.29, 1.82) is 0 Å². The van der Waals surface area contributed by atoms with Crippen molar-refractivity contribution in [3.63, 3.8) is 0 Å². The highest BCUT2D eigenvalue weighted by molar-refractivity contribution is 7.91. The Labute approximate surface area is 86.4 Å². The molecule has 0 aromatic heterocycles. The van der Waals surface area contributed by atoms with E-state index in [-0.39, 0.29) is 17.0 Å². The Balaban J connectivity index is 2.44. The first-order valence-electron chi connectivity index (χ1n) is 5.06. The number of nitrogens with zero attached hydrogens (tertiary/aromatic N) is 1. The summed E-state index contributed by atoms with van der Waals surface area (Å²) in [7, 11) is -2.76. The van der Waals surface area contributed by atoms with Crippen molar-refractivity contribution >= 4 is 9.84 Å². The highest BCUT2D eigenvalue weighted by Gasteiger charge is 2.26. The fourth-order valence-electron chi connectivity index (χ4n) is 1.53. The minimum Gasteiger partial charge on any atom is -0.324 e. The standard InChI is InChI=1S/C9H20N2O2S/c1-3-9(2,10)8-11-4-6-14(12,13)7-5-11/h3-8,10H2,1-2H3. The number of nitrogens with two attached hydrogens (primary N) is 1. The van der Waals surface area contributed by atoms with E-state index in [1.807, 2.05) is 6.92 Å². The van der Waals surface area contributed by atoms with Crippen LogP contribution in [-0.2, 0) is 9.84 Å². The fraction of sp³-hybridized carbons (Fsp3) is 1.00. The molecule has 0 bridgehead atoms. The average molecular weight is 220 g/mol. The third kappa shape index (κ3) is 3.55. The second-order valence-electron chi connectivity index (χ2n) is 4.44. The van der Waals surface area contributed by atoms with Crippen molar-refractivity contribution < 1.29 is 8.42 Å². The molecule has 0 aromatic carbocycles. The molecule has 0 radical (unpaired) electrons. The molecule has 0 aromatic rings. The van der Waals surface area contributed by atoms with Gasteiger partial charge in [-0.15, -0.1) is 0 Å². The monoisotopic (exact) mass is 220 g/mol. The normalized spacial score (nSPS) is 27.1. The zero-order valence-corrected chi connectivity index (χ0v) is 9.81. The van der Waals surface area contributed by atoms with E-state index in [1.165, 1.54) is 0 Å². The summed E-state index contributed by atoms with van der Waals surface area (Å²) >= 11 is 0. The van der Waals surface area contributed by atoms with Crippen LogP contribution in [0.15, 0.2) is 0 Å². The third-order valence-electron chi connectivity index (χ3n) is 2.83. The minimum atomic E-state index is -2.76. The molecule has 1 unspecified atom stereocenters. The molecule has 0 saturated carbocycles. The molecule has 0 amide bonds. The Morgan fingerprint density at radius 2 is 1.86 bits per heavy atom. The molecule has 1 saturated heterocycles. The van der Waals surface area contributed by atoms with Gasteiger partial charge in [-0.1, -0.05) is 6.92 Å². The maximum atomic E-state index is 11.2. The summed E-state index contributed by atoms with van der Waals surface area (Å²) in [6.07, 6.45) is 0.913. The topological polar surface area (TPSA) is 63.4 Å². The maximum absolute atomic E-state index is 11.2. The summed E-state index contributed by atoms with van der Waals surface area (Å²) in [5.74, 6) is 0.569. The van der Waals surface area contributed by atoms with Crippen molar-refractivity contribution in [2.75, 3.05) is 31.1 Å².